The molecular formula is C20H19FN2O5S. The lowest BCUT2D eigenvalue weighted by Crippen LogP contribution is -2.33. The third-order valence-corrected chi connectivity index (χ3v) is 6.30. The van der Waals surface area contributed by atoms with Crippen LogP contribution in [-0.4, -0.2) is 50.0 Å². The Bertz CT molecular complexity index is 943. The van der Waals surface area contributed by atoms with Crippen molar-refractivity contribution in [2.45, 2.75) is 11.4 Å². The minimum atomic E-state index is -0.582. The summed E-state index contributed by atoms with van der Waals surface area (Å²) in [4.78, 5) is 28.7. The van der Waals surface area contributed by atoms with Gasteiger partial charge in [-0.3, -0.25) is 9.69 Å². The van der Waals surface area contributed by atoms with Gasteiger partial charge in [-0.1, -0.05) is 0 Å². The number of amides is 3. The van der Waals surface area contributed by atoms with E-state index < -0.39 is 23.3 Å². The summed E-state index contributed by atoms with van der Waals surface area (Å²) in [5.41, 5.74) is 1.11. The number of rotatable bonds is 5. The number of fused-ring (bicyclic) bond motifs is 1. The van der Waals surface area contributed by atoms with Crippen LogP contribution in [0.1, 0.15) is 10.9 Å². The van der Waals surface area contributed by atoms with Crippen molar-refractivity contribution in [3.63, 3.8) is 0 Å². The molecule has 29 heavy (non-hydrogen) atoms. The van der Waals surface area contributed by atoms with E-state index in [0.717, 1.165) is 10.5 Å². The molecule has 0 N–H and O–H groups in total. The molecule has 0 aliphatic carbocycles. The molecule has 2 aromatic rings. The summed E-state index contributed by atoms with van der Waals surface area (Å²) >= 11 is 1.49. The summed E-state index contributed by atoms with van der Waals surface area (Å²) in [6.45, 7) is 0. The Hall–Kier alpha value is -2.94. The molecule has 2 aliphatic rings. The number of thioether (sulfide) groups is 1. The third-order valence-electron chi connectivity index (χ3n) is 4.98. The lowest BCUT2D eigenvalue weighted by molar-refractivity contribution is -0.119. The molecule has 0 radical (unpaired) electrons. The third kappa shape index (κ3) is 3.05. The number of carbonyl (C=O) groups excluding carboxylic acids is 2. The van der Waals surface area contributed by atoms with Crippen molar-refractivity contribution in [1.82, 2.24) is 4.90 Å². The normalized spacial score (nSPS) is 20.8. The van der Waals surface area contributed by atoms with E-state index in [1.807, 2.05) is 0 Å². The zero-order valence-electron chi connectivity index (χ0n) is 16.0. The van der Waals surface area contributed by atoms with E-state index in [0.29, 0.717) is 28.7 Å². The van der Waals surface area contributed by atoms with Crippen molar-refractivity contribution in [2.75, 3.05) is 32.0 Å². The summed E-state index contributed by atoms with van der Waals surface area (Å²) in [5.74, 6) is 1.11. The summed E-state index contributed by atoms with van der Waals surface area (Å²) in [7, 11) is 4.56. The fraction of sp³-hybridized carbons (Fsp3) is 0.300. The Kier molecular flexibility index (Phi) is 4.99. The van der Waals surface area contributed by atoms with E-state index in [-0.39, 0.29) is 5.91 Å². The van der Waals surface area contributed by atoms with Gasteiger partial charge in [-0.05, 0) is 42.0 Å². The van der Waals surface area contributed by atoms with Crippen molar-refractivity contribution in [3.8, 4) is 17.2 Å². The molecule has 2 atom stereocenters. The van der Waals surface area contributed by atoms with Crippen molar-refractivity contribution in [2.24, 2.45) is 0 Å². The highest BCUT2D eigenvalue weighted by Crippen LogP contribution is 2.49. The molecular weight excluding hydrogens is 399 g/mol. The standard InChI is InChI=1S/C20H19FN2O5S/c1-26-15-8-11(9-16(27-2)17(15)28-3)19-23-14(10-29-19)18(24)22(20(23)25)13-6-4-12(21)5-7-13/h4-9,14,19H,10H2,1-3H3/t14-,19?/m0/s1. The number of methoxy groups -OCH3 is 3. The lowest BCUT2D eigenvalue weighted by Gasteiger charge is -2.24. The smallest absolute Gasteiger partial charge is 0.333 e. The van der Waals surface area contributed by atoms with Gasteiger partial charge in [-0.15, -0.1) is 11.8 Å². The second-order valence-corrected chi connectivity index (χ2v) is 7.61. The number of hydrogen-bond acceptors (Lipinski definition) is 6. The molecule has 0 saturated carbocycles. The van der Waals surface area contributed by atoms with Gasteiger partial charge in [0.2, 0.25) is 5.75 Å². The molecule has 0 bridgehead atoms. The van der Waals surface area contributed by atoms with Gasteiger partial charge in [-0.25, -0.2) is 14.1 Å². The maximum Gasteiger partial charge on any atom is 0.333 e. The molecule has 152 valence electrons. The van der Waals surface area contributed by atoms with Crippen molar-refractivity contribution in [3.05, 3.63) is 47.8 Å². The van der Waals surface area contributed by atoms with Crippen LogP contribution in [0.5, 0.6) is 17.2 Å². The van der Waals surface area contributed by atoms with Crippen LogP contribution >= 0.6 is 11.8 Å². The molecule has 4 rings (SSSR count). The highest BCUT2D eigenvalue weighted by atomic mass is 32.2. The van der Waals surface area contributed by atoms with E-state index in [2.05, 4.69) is 0 Å². The lowest BCUT2D eigenvalue weighted by atomic mass is 10.1. The van der Waals surface area contributed by atoms with Crippen LogP contribution in [-0.2, 0) is 4.79 Å². The Balaban J connectivity index is 1.71. The second kappa shape index (κ2) is 7.47. The first kappa shape index (κ1) is 19.4. The SMILES string of the molecule is COc1cc(C2SC[C@H]3C(=O)N(c4ccc(F)cc4)C(=O)N23)cc(OC)c1OC. The number of hydrogen-bond donors (Lipinski definition) is 0. The minimum Gasteiger partial charge on any atom is -0.493 e. The Labute approximate surface area is 171 Å². The van der Waals surface area contributed by atoms with E-state index in [1.54, 1.807) is 17.0 Å². The van der Waals surface area contributed by atoms with Crippen molar-refractivity contribution >= 4 is 29.4 Å². The predicted octanol–water partition coefficient (Wildman–Crippen LogP) is 3.43. The molecule has 2 saturated heterocycles. The van der Waals surface area contributed by atoms with Gasteiger partial charge >= 0.3 is 6.03 Å². The van der Waals surface area contributed by atoms with Crippen LogP contribution in [0.3, 0.4) is 0 Å². The molecule has 9 heteroatoms. The van der Waals surface area contributed by atoms with E-state index in [9.17, 15) is 14.0 Å². The number of carbonyl (C=O) groups is 2. The monoisotopic (exact) mass is 418 g/mol. The van der Waals surface area contributed by atoms with E-state index in [1.165, 1.54) is 57.4 Å². The molecule has 2 fully saturated rings. The second-order valence-electron chi connectivity index (χ2n) is 6.50. The van der Waals surface area contributed by atoms with Crippen molar-refractivity contribution < 1.29 is 28.2 Å². The van der Waals surface area contributed by atoms with Gasteiger partial charge in [0.25, 0.3) is 5.91 Å². The first-order valence-electron chi connectivity index (χ1n) is 8.83. The Morgan fingerprint density at radius 3 is 2.17 bits per heavy atom. The topological polar surface area (TPSA) is 68.3 Å². The minimum absolute atomic E-state index is 0.316. The molecule has 2 aliphatic heterocycles. The number of nitrogens with zero attached hydrogens (tertiary/aromatic N) is 2. The fourth-order valence-electron chi connectivity index (χ4n) is 3.62. The molecule has 0 spiro atoms. The molecule has 3 amide bonds. The quantitative estimate of drug-likeness (QED) is 0.693. The number of benzene rings is 2. The summed E-state index contributed by atoms with van der Waals surface area (Å²) < 4.78 is 29.4. The Morgan fingerprint density at radius 1 is 1.00 bits per heavy atom. The highest BCUT2D eigenvalue weighted by Gasteiger charge is 2.53. The number of halogens is 1. The maximum atomic E-state index is 13.3. The van der Waals surface area contributed by atoms with Gasteiger partial charge in [0.05, 0.1) is 27.0 Å². The van der Waals surface area contributed by atoms with Gasteiger partial charge in [0.1, 0.15) is 17.2 Å². The number of anilines is 1. The summed E-state index contributed by atoms with van der Waals surface area (Å²) in [6.07, 6.45) is 0. The van der Waals surface area contributed by atoms with Gasteiger partial charge < -0.3 is 14.2 Å². The van der Waals surface area contributed by atoms with Crippen LogP contribution in [0.2, 0.25) is 0 Å². The van der Waals surface area contributed by atoms with Gasteiger partial charge in [0.15, 0.2) is 11.5 Å². The average molecular weight is 418 g/mol. The fourth-order valence-corrected chi connectivity index (χ4v) is 5.01. The zero-order valence-corrected chi connectivity index (χ0v) is 16.9. The predicted molar refractivity (Wildman–Crippen MR) is 106 cm³/mol. The molecule has 2 aromatic carbocycles. The zero-order chi connectivity index (χ0) is 20.7. The number of urea groups is 1. The molecule has 2 heterocycles. The van der Waals surface area contributed by atoms with Crippen LogP contribution in [0.4, 0.5) is 14.9 Å². The first-order valence-corrected chi connectivity index (χ1v) is 9.88. The van der Waals surface area contributed by atoms with Gasteiger partial charge in [-0.2, -0.15) is 0 Å². The van der Waals surface area contributed by atoms with Gasteiger partial charge in [0, 0.05) is 5.75 Å². The highest BCUT2D eigenvalue weighted by molar-refractivity contribution is 7.99. The number of ether oxygens (including phenoxy) is 3. The van der Waals surface area contributed by atoms with Crippen molar-refractivity contribution in [1.29, 1.82) is 0 Å². The number of imide groups is 1. The molecule has 1 unspecified atom stereocenters. The van der Waals surface area contributed by atoms with E-state index in [4.69, 9.17) is 14.2 Å². The largest absolute Gasteiger partial charge is 0.493 e. The maximum absolute atomic E-state index is 13.3. The van der Waals surface area contributed by atoms with Crippen LogP contribution in [0.15, 0.2) is 36.4 Å². The molecule has 0 aromatic heterocycles. The van der Waals surface area contributed by atoms with Crippen LogP contribution in [0, 0.1) is 5.82 Å². The molecule has 7 nitrogen and oxygen atoms in total. The average Bonchev–Trinajstić information content (AvgIpc) is 3.28. The first-order chi connectivity index (χ1) is 14.0. The Morgan fingerprint density at radius 2 is 1.62 bits per heavy atom. The van der Waals surface area contributed by atoms with Crippen LogP contribution in [0.25, 0.3) is 0 Å². The summed E-state index contributed by atoms with van der Waals surface area (Å²) in [6, 6.07) is 7.84. The van der Waals surface area contributed by atoms with E-state index >= 15 is 0 Å². The van der Waals surface area contributed by atoms with Crippen LogP contribution < -0.4 is 19.1 Å². The summed E-state index contributed by atoms with van der Waals surface area (Å²) in [5, 5.41) is -0.393.